The summed E-state index contributed by atoms with van der Waals surface area (Å²) in [4.78, 5) is 4.35. The second kappa shape index (κ2) is 5.91. The van der Waals surface area contributed by atoms with E-state index in [1.54, 1.807) is 0 Å². The number of imidazole rings is 1. The molecule has 86 valence electrons. The molecule has 3 nitrogen and oxygen atoms in total. The molecule has 0 amide bonds. The van der Waals surface area contributed by atoms with Gasteiger partial charge in [0.25, 0.3) is 0 Å². The van der Waals surface area contributed by atoms with Crippen LogP contribution in [-0.2, 0) is 13.0 Å². The predicted molar refractivity (Wildman–Crippen MR) is 63.7 cm³/mol. The Kier molecular flexibility index (Phi) is 4.82. The molecule has 1 rings (SSSR count). The second-order valence-electron chi connectivity index (χ2n) is 4.64. The predicted octanol–water partition coefficient (Wildman–Crippen LogP) is 2.21. The van der Waals surface area contributed by atoms with Crippen LogP contribution in [0.15, 0.2) is 12.5 Å². The highest BCUT2D eigenvalue weighted by Crippen LogP contribution is 2.09. The van der Waals surface area contributed by atoms with E-state index >= 15 is 0 Å². The molecule has 1 aromatic heterocycles. The SMILES string of the molecule is CCCC(C)Cn1cnc(CC(C)N)c1. The van der Waals surface area contributed by atoms with Crippen molar-refractivity contribution in [3.63, 3.8) is 0 Å². The van der Waals surface area contributed by atoms with Crippen LogP contribution in [0.3, 0.4) is 0 Å². The van der Waals surface area contributed by atoms with E-state index in [1.165, 1.54) is 12.8 Å². The lowest BCUT2D eigenvalue weighted by Crippen LogP contribution is -2.17. The van der Waals surface area contributed by atoms with Crippen LogP contribution in [0.25, 0.3) is 0 Å². The Bertz CT molecular complexity index is 278. The zero-order valence-corrected chi connectivity index (χ0v) is 10.1. The minimum Gasteiger partial charge on any atom is -0.337 e. The fraction of sp³-hybridized carbons (Fsp3) is 0.750. The van der Waals surface area contributed by atoms with Gasteiger partial charge >= 0.3 is 0 Å². The molecule has 1 heterocycles. The van der Waals surface area contributed by atoms with Crippen molar-refractivity contribution in [1.29, 1.82) is 0 Å². The minimum absolute atomic E-state index is 0.196. The zero-order chi connectivity index (χ0) is 11.3. The molecular formula is C12H23N3. The third kappa shape index (κ3) is 4.47. The molecule has 0 saturated carbocycles. The van der Waals surface area contributed by atoms with Crippen LogP contribution in [0, 0.1) is 5.92 Å². The highest BCUT2D eigenvalue weighted by atomic mass is 15.0. The van der Waals surface area contributed by atoms with Gasteiger partial charge < -0.3 is 10.3 Å². The fourth-order valence-electron chi connectivity index (χ4n) is 1.89. The van der Waals surface area contributed by atoms with Crippen molar-refractivity contribution in [2.45, 2.75) is 52.6 Å². The normalized spacial score (nSPS) is 15.2. The van der Waals surface area contributed by atoms with Crippen molar-refractivity contribution in [2.24, 2.45) is 11.7 Å². The lowest BCUT2D eigenvalue weighted by atomic mass is 10.1. The highest BCUT2D eigenvalue weighted by molar-refractivity contribution is 4.98. The van der Waals surface area contributed by atoms with Gasteiger partial charge in [0.15, 0.2) is 0 Å². The van der Waals surface area contributed by atoms with Gasteiger partial charge in [-0.25, -0.2) is 4.98 Å². The van der Waals surface area contributed by atoms with E-state index in [-0.39, 0.29) is 6.04 Å². The molecule has 2 atom stereocenters. The molecule has 0 aromatic carbocycles. The summed E-state index contributed by atoms with van der Waals surface area (Å²) in [5.41, 5.74) is 6.84. The Morgan fingerprint density at radius 2 is 2.20 bits per heavy atom. The van der Waals surface area contributed by atoms with E-state index in [9.17, 15) is 0 Å². The Morgan fingerprint density at radius 3 is 2.80 bits per heavy atom. The largest absolute Gasteiger partial charge is 0.337 e. The van der Waals surface area contributed by atoms with Crippen LogP contribution >= 0.6 is 0 Å². The van der Waals surface area contributed by atoms with Crippen molar-refractivity contribution in [2.75, 3.05) is 0 Å². The van der Waals surface area contributed by atoms with Gasteiger partial charge in [-0.05, 0) is 19.3 Å². The van der Waals surface area contributed by atoms with Crippen molar-refractivity contribution >= 4 is 0 Å². The molecule has 0 saturated heterocycles. The summed E-state index contributed by atoms with van der Waals surface area (Å²) in [6.07, 6.45) is 7.44. The first kappa shape index (κ1) is 12.2. The topological polar surface area (TPSA) is 43.8 Å². The molecule has 2 N–H and O–H groups in total. The molecule has 15 heavy (non-hydrogen) atoms. The van der Waals surface area contributed by atoms with E-state index in [0.29, 0.717) is 0 Å². The quantitative estimate of drug-likeness (QED) is 0.780. The minimum atomic E-state index is 0.196. The molecule has 1 aromatic rings. The van der Waals surface area contributed by atoms with Gasteiger partial charge in [-0.15, -0.1) is 0 Å². The molecule has 0 spiro atoms. The molecule has 0 aliphatic carbocycles. The first-order valence-corrected chi connectivity index (χ1v) is 5.88. The van der Waals surface area contributed by atoms with Gasteiger partial charge in [-0.1, -0.05) is 20.3 Å². The Balaban J connectivity index is 2.45. The maximum Gasteiger partial charge on any atom is 0.0949 e. The summed E-state index contributed by atoms with van der Waals surface area (Å²) >= 11 is 0. The first-order valence-electron chi connectivity index (χ1n) is 5.88. The lowest BCUT2D eigenvalue weighted by molar-refractivity contribution is 0.445. The van der Waals surface area contributed by atoms with Gasteiger partial charge in [0.1, 0.15) is 0 Å². The fourth-order valence-corrected chi connectivity index (χ4v) is 1.89. The second-order valence-corrected chi connectivity index (χ2v) is 4.64. The van der Waals surface area contributed by atoms with Gasteiger partial charge in [0.05, 0.1) is 12.0 Å². The number of hydrogen-bond acceptors (Lipinski definition) is 2. The van der Waals surface area contributed by atoms with Crippen molar-refractivity contribution in [1.82, 2.24) is 9.55 Å². The van der Waals surface area contributed by atoms with Gasteiger partial charge in [-0.3, -0.25) is 0 Å². The van der Waals surface area contributed by atoms with Crippen molar-refractivity contribution < 1.29 is 0 Å². The van der Waals surface area contributed by atoms with E-state index in [0.717, 1.165) is 24.6 Å². The Hall–Kier alpha value is -0.830. The molecule has 0 aliphatic rings. The maximum atomic E-state index is 5.73. The van der Waals surface area contributed by atoms with Crippen LogP contribution < -0.4 is 5.73 Å². The molecule has 3 heteroatoms. The standard InChI is InChI=1S/C12H23N3/c1-4-5-10(2)7-15-8-12(14-9-15)6-11(3)13/h8-11H,4-7,13H2,1-3H3. The summed E-state index contributed by atoms with van der Waals surface area (Å²) in [5.74, 6) is 0.729. The number of aromatic nitrogens is 2. The van der Waals surface area contributed by atoms with Crippen LogP contribution in [0.5, 0.6) is 0 Å². The summed E-state index contributed by atoms with van der Waals surface area (Å²) < 4.78 is 2.18. The summed E-state index contributed by atoms with van der Waals surface area (Å²) in [5, 5.41) is 0. The maximum absolute atomic E-state index is 5.73. The Labute approximate surface area is 92.7 Å². The summed E-state index contributed by atoms with van der Waals surface area (Å²) in [6.45, 7) is 7.60. The van der Waals surface area contributed by atoms with E-state index < -0.39 is 0 Å². The number of rotatable bonds is 6. The molecule has 0 bridgehead atoms. The van der Waals surface area contributed by atoms with Gasteiger partial charge in [0, 0.05) is 25.2 Å². The number of nitrogens with two attached hydrogens (primary N) is 1. The average Bonchev–Trinajstić information content (AvgIpc) is 2.51. The van der Waals surface area contributed by atoms with Crippen LogP contribution in [0.4, 0.5) is 0 Å². The van der Waals surface area contributed by atoms with Crippen LogP contribution in [0.1, 0.15) is 39.3 Å². The first-order chi connectivity index (χ1) is 7.11. The molecule has 0 fully saturated rings. The van der Waals surface area contributed by atoms with Gasteiger partial charge in [-0.2, -0.15) is 0 Å². The Morgan fingerprint density at radius 1 is 1.47 bits per heavy atom. The van der Waals surface area contributed by atoms with E-state index in [4.69, 9.17) is 5.73 Å². The number of nitrogens with zero attached hydrogens (tertiary/aromatic N) is 2. The van der Waals surface area contributed by atoms with Crippen LogP contribution in [-0.4, -0.2) is 15.6 Å². The average molecular weight is 209 g/mol. The molecule has 2 unspecified atom stereocenters. The number of hydrogen-bond donors (Lipinski definition) is 1. The lowest BCUT2D eigenvalue weighted by Gasteiger charge is -2.09. The summed E-state index contributed by atoms with van der Waals surface area (Å²) in [7, 11) is 0. The summed E-state index contributed by atoms with van der Waals surface area (Å²) in [6, 6.07) is 0.196. The van der Waals surface area contributed by atoms with Crippen LogP contribution in [0.2, 0.25) is 0 Å². The van der Waals surface area contributed by atoms with Crippen molar-refractivity contribution in [3.05, 3.63) is 18.2 Å². The third-order valence-electron chi connectivity index (χ3n) is 2.52. The molecular weight excluding hydrogens is 186 g/mol. The van der Waals surface area contributed by atoms with Crippen molar-refractivity contribution in [3.8, 4) is 0 Å². The smallest absolute Gasteiger partial charge is 0.0949 e. The molecule has 0 aliphatic heterocycles. The van der Waals surface area contributed by atoms with E-state index in [1.807, 2.05) is 13.3 Å². The van der Waals surface area contributed by atoms with E-state index in [2.05, 4.69) is 29.6 Å². The highest BCUT2D eigenvalue weighted by Gasteiger charge is 2.05. The molecule has 0 radical (unpaired) electrons. The monoisotopic (exact) mass is 209 g/mol. The third-order valence-corrected chi connectivity index (χ3v) is 2.52. The zero-order valence-electron chi connectivity index (χ0n) is 10.1. The van der Waals surface area contributed by atoms with Gasteiger partial charge in [0.2, 0.25) is 0 Å².